The van der Waals surface area contributed by atoms with Crippen LogP contribution in [0.3, 0.4) is 0 Å². The highest BCUT2D eigenvalue weighted by Crippen LogP contribution is 2.46. The highest BCUT2D eigenvalue weighted by atomic mass is 32.2. The summed E-state index contributed by atoms with van der Waals surface area (Å²) in [5, 5.41) is 22.9. The van der Waals surface area contributed by atoms with E-state index >= 15 is 0 Å². The van der Waals surface area contributed by atoms with Gasteiger partial charge in [0.15, 0.2) is 5.75 Å². The maximum atomic E-state index is 13.3. The first-order chi connectivity index (χ1) is 15.5. The number of phenolic OH excluding ortho intramolecular Hbond substituents is 1. The van der Waals surface area contributed by atoms with Crippen molar-refractivity contribution >= 4 is 37.4 Å². The SMILES string of the molecule is CC(C)Cn1cc2c(N(C)S(C)(=O)=O)c3cc(Cc4ccc(F)cc4)cnc3c(O)c2c1O. The molecule has 9 heteroatoms. The van der Waals surface area contributed by atoms with E-state index in [9.17, 15) is 23.0 Å². The lowest BCUT2D eigenvalue weighted by atomic mass is 10.0. The fourth-order valence-electron chi connectivity index (χ4n) is 4.07. The van der Waals surface area contributed by atoms with E-state index < -0.39 is 10.0 Å². The van der Waals surface area contributed by atoms with Gasteiger partial charge in [-0.3, -0.25) is 9.29 Å². The molecule has 2 heterocycles. The van der Waals surface area contributed by atoms with E-state index in [1.165, 1.54) is 19.2 Å². The molecule has 0 spiro atoms. The van der Waals surface area contributed by atoms with Crippen molar-refractivity contribution in [1.29, 1.82) is 0 Å². The van der Waals surface area contributed by atoms with Crippen LogP contribution in [-0.4, -0.2) is 41.5 Å². The molecular weight excluding hydrogens is 445 g/mol. The zero-order valence-corrected chi connectivity index (χ0v) is 19.7. The molecule has 0 saturated carbocycles. The number of benzene rings is 2. The second-order valence-corrected chi connectivity index (χ2v) is 10.8. The second-order valence-electron chi connectivity index (χ2n) is 8.76. The molecule has 4 aromatic rings. The Balaban J connectivity index is 2.01. The first kappa shape index (κ1) is 22.8. The molecule has 0 bridgehead atoms. The zero-order valence-electron chi connectivity index (χ0n) is 18.9. The number of phenols is 1. The van der Waals surface area contributed by atoms with E-state index in [1.54, 1.807) is 35.2 Å². The van der Waals surface area contributed by atoms with Crippen molar-refractivity contribution in [3.05, 3.63) is 59.7 Å². The lowest BCUT2D eigenvalue weighted by molar-refractivity contribution is 0.396. The van der Waals surface area contributed by atoms with Crippen LogP contribution in [0, 0.1) is 11.7 Å². The van der Waals surface area contributed by atoms with Crippen molar-refractivity contribution in [1.82, 2.24) is 9.55 Å². The Bertz CT molecular complexity index is 1460. The summed E-state index contributed by atoms with van der Waals surface area (Å²) in [5.74, 6) is -0.464. The smallest absolute Gasteiger partial charge is 0.232 e. The van der Waals surface area contributed by atoms with E-state index in [1.807, 2.05) is 13.8 Å². The monoisotopic (exact) mass is 471 g/mol. The topological polar surface area (TPSA) is 95.7 Å². The number of anilines is 1. The predicted molar refractivity (Wildman–Crippen MR) is 128 cm³/mol. The largest absolute Gasteiger partial charge is 0.505 e. The minimum absolute atomic E-state index is 0.140. The van der Waals surface area contributed by atoms with E-state index in [-0.39, 0.29) is 34.3 Å². The molecule has 174 valence electrons. The molecule has 0 aliphatic carbocycles. The molecule has 0 fully saturated rings. The standard InChI is InChI=1S/C24H26FN3O4S/c1-14(2)12-28-13-19-20(24(28)30)23(29)21-18(22(19)27(3)33(4,31)32)10-16(11-26-21)9-15-5-7-17(25)8-6-15/h5-8,10-11,13-14,29-30H,9,12H2,1-4H3. The molecular formula is C24H26FN3O4S. The predicted octanol–water partition coefficient (Wildman–Crippen LogP) is 4.38. The van der Waals surface area contributed by atoms with Crippen molar-refractivity contribution in [2.75, 3.05) is 17.6 Å². The second kappa shape index (κ2) is 8.22. The van der Waals surface area contributed by atoms with Gasteiger partial charge in [-0.25, -0.2) is 12.8 Å². The Kier molecular flexibility index (Phi) is 5.69. The van der Waals surface area contributed by atoms with Gasteiger partial charge in [0.1, 0.15) is 11.3 Å². The lowest BCUT2D eigenvalue weighted by Crippen LogP contribution is -2.25. The lowest BCUT2D eigenvalue weighted by Gasteiger charge is -2.21. The number of aromatic nitrogens is 2. The van der Waals surface area contributed by atoms with Gasteiger partial charge >= 0.3 is 0 Å². The number of pyridine rings is 1. The van der Waals surface area contributed by atoms with Crippen molar-refractivity contribution in [2.24, 2.45) is 5.92 Å². The van der Waals surface area contributed by atoms with Gasteiger partial charge in [0.05, 0.1) is 17.3 Å². The first-order valence-corrected chi connectivity index (χ1v) is 12.4. The zero-order chi connectivity index (χ0) is 24.1. The van der Waals surface area contributed by atoms with Crippen molar-refractivity contribution in [2.45, 2.75) is 26.8 Å². The highest BCUT2D eigenvalue weighted by molar-refractivity contribution is 7.92. The van der Waals surface area contributed by atoms with Crippen molar-refractivity contribution in [3.8, 4) is 11.6 Å². The number of halogens is 1. The minimum Gasteiger partial charge on any atom is -0.505 e. The quantitative estimate of drug-likeness (QED) is 0.435. The fourth-order valence-corrected chi connectivity index (χ4v) is 4.60. The Morgan fingerprint density at radius 2 is 1.79 bits per heavy atom. The van der Waals surface area contributed by atoms with Gasteiger partial charge < -0.3 is 14.8 Å². The fraction of sp³-hybridized carbons (Fsp3) is 0.292. The molecule has 0 atom stereocenters. The first-order valence-electron chi connectivity index (χ1n) is 10.5. The maximum absolute atomic E-state index is 13.3. The van der Waals surface area contributed by atoms with E-state index in [2.05, 4.69) is 4.98 Å². The molecule has 0 amide bonds. The van der Waals surface area contributed by atoms with Gasteiger partial charge in [-0.1, -0.05) is 26.0 Å². The van der Waals surface area contributed by atoms with Crippen LogP contribution in [0.15, 0.2) is 42.7 Å². The molecule has 2 N–H and O–H groups in total. The summed E-state index contributed by atoms with van der Waals surface area (Å²) in [6.07, 6.45) is 4.79. The summed E-state index contributed by atoms with van der Waals surface area (Å²) in [4.78, 5) is 4.42. The van der Waals surface area contributed by atoms with Crippen LogP contribution >= 0.6 is 0 Å². The summed E-state index contributed by atoms with van der Waals surface area (Å²) in [6.45, 7) is 4.47. The summed E-state index contributed by atoms with van der Waals surface area (Å²) in [5.41, 5.74) is 2.14. The minimum atomic E-state index is -3.66. The third-order valence-electron chi connectivity index (χ3n) is 5.66. The number of rotatable bonds is 6. The Labute approximate surface area is 191 Å². The molecule has 33 heavy (non-hydrogen) atoms. The molecule has 0 aliphatic heterocycles. The summed E-state index contributed by atoms with van der Waals surface area (Å²) >= 11 is 0. The van der Waals surface area contributed by atoms with Gasteiger partial charge in [-0.15, -0.1) is 0 Å². The molecule has 0 saturated heterocycles. The van der Waals surface area contributed by atoms with Gasteiger partial charge in [-0.2, -0.15) is 0 Å². The van der Waals surface area contributed by atoms with Crippen LogP contribution < -0.4 is 4.31 Å². The normalized spacial score (nSPS) is 12.2. The third kappa shape index (κ3) is 4.20. The van der Waals surface area contributed by atoms with Gasteiger partial charge in [0.25, 0.3) is 0 Å². The number of hydrogen-bond acceptors (Lipinski definition) is 5. The molecule has 7 nitrogen and oxygen atoms in total. The molecule has 0 radical (unpaired) electrons. The summed E-state index contributed by atoms with van der Waals surface area (Å²) in [6, 6.07) is 7.88. The van der Waals surface area contributed by atoms with Crippen molar-refractivity contribution < 1.29 is 23.0 Å². The number of hydrogen-bond donors (Lipinski definition) is 2. The summed E-state index contributed by atoms with van der Waals surface area (Å²) in [7, 11) is -2.23. The molecule has 4 rings (SSSR count). The van der Waals surface area contributed by atoms with Gasteiger partial charge in [0.2, 0.25) is 15.9 Å². The number of sulfonamides is 1. The average molecular weight is 472 g/mol. The Morgan fingerprint density at radius 3 is 2.39 bits per heavy atom. The molecule has 2 aromatic heterocycles. The van der Waals surface area contributed by atoms with Crippen molar-refractivity contribution in [3.63, 3.8) is 0 Å². The van der Waals surface area contributed by atoms with Crippen LogP contribution in [0.2, 0.25) is 0 Å². The Hall–Kier alpha value is -3.33. The van der Waals surface area contributed by atoms with Gasteiger partial charge in [-0.05, 0) is 41.7 Å². The number of fused-ring (bicyclic) bond motifs is 2. The van der Waals surface area contributed by atoms with E-state index in [0.29, 0.717) is 29.4 Å². The van der Waals surface area contributed by atoms with E-state index in [0.717, 1.165) is 21.7 Å². The van der Waals surface area contributed by atoms with E-state index in [4.69, 9.17) is 0 Å². The van der Waals surface area contributed by atoms with Crippen LogP contribution in [0.25, 0.3) is 21.7 Å². The molecule has 0 aliphatic rings. The maximum Gasteiger partial charge on any atom is 0.232 e. The van der Waals surface area contributed by atoms with Crippen LogP contribution in [0.5, 0.6) is 11.6 Å². The van der Waals surface area contributed by atoms with Crippen LogP contribution in [-0.2, 0) is 23.0 Å². The summed E-state index contributed by atoms with van der Waals surface area (Å²) < 4.78 is 41.1. The van der Waals surface area contributed by atoms with Crippen LogP contribution in [0.1, 0.15) is 25.0 Å². The third-order valence-corrected chi connectivity index (χ3v) is 6.84. The highest BCUT2D eigenvalue weighted by Gasteiger charge is 2.26. The number of aromatic hydroxyl groups is 2. The van der Waals surface area contributed by atoms with Crippen LogP contribution in [0.4, 0.5) is 10.1 Å². The van der Waals surface area contributed by atoms with Gasteiger partial charge in [0, 0.05) is 36.8 Å². The molecule has 0 unspecified atom stereocenters. The molecule has 2 aromatic carbocycles. The Morgan fingerprint density at radius 1 is 1.12 bits per heavy atom. The number of nitrogens with zero attached hydrogens (tertiary/aromatic N) is 3. The average Bonchev–Trinajstić information content (AvgIpc) is 3.04.